The summed E-state index contributed by atoms with van der Waals surface area (Å²) in [5.41, 5.74) is 6.86. The molecule has 0 amide bonds. The van der Waals surface area contributed by atoms with Crippen LogP contribution in [0.3, 0.4) is 0 Å². The maximum Gasteiger partial charge on any atom is 0.234 e. The van der Waals surface area contributed by atoms with Crippen LogP contribution in [0.1, 0.15) is 29.2 Å². The van der Waals surface area contributed by atoms with Crippen molar-refractivity contribution >= 4 is 50.4 Å². The molecule has 7 rings (SSSR count). The molecule has 6 heteroatoms. The van der Waals surface area contributed by atoms with Crippen LogP contribution in [0.25, 0.3) is 10.8 Å². The van der Waals surface area contributed by atoms with Gasteiger partial charge in [-0.2, -0.15) is 10.2 Å². The molecule has 0 aliphatic carbocycles. The summed E-state index contributed by atoms with van der Waals surface area (Å²) < 4.78 is 0. The number of hydrogen-bond donors (Lipinski definition) is 0. The number of nitrogens with zero attached hydrogens (tertiary/aromatic N) is 4. The van der Waals surface area contributed by atoms with Crippen LogP contribution in [-0.4, -0.2) is 16.5 Å². The van der Waals surface area contributed by atoms with E-state index in [2.05, 4.69) is 97.9 Å². The zero-order chi connectivity index (χ0) is 27.3. The number of hydrogen-bond acceptors (Lipinski definition) is 6. The van der Waals surface area contributed by atoms with Crippen molar-refractivity contribution in [3.63, 3.8) is 0 Å². The van der Waals surface area contributed by atoms with E-state index in [1.165, 1.54) is 11.8 Å². The van der Waals surface area contributed by atoms with Crippen molar-refractivity contribution in [2.75, 3.05) is 10.0 Å². The first-order valence-corrected chi connectivity index (χ1v) is 14.1. The summed E-state index contributed by atoms with van der Waals surface area (Å²) in [4.78, 5) is 11.9. The average molecular weight is 539 g/mol. The smallest absolute Gasteiger partial charge is 0.234 e. The summed E-state index contributed by atoms with van der Waals surface area (Å²) in [5.74, 6) is -0.0751. The van der Waals surface area contributed by atoms with Crippen molar-refractivity contribution in [2.24, 2.45) is 10.2 Å². The van der Waals surface area contributed by atoms with Gasteiger partial charge in [-0.25, -0.2) is 10.0 Å². The maximum atomic E-state index is 12.9. The number of rotatable bonds is 4. The third-order valence-electron chi connectivity index (χ3n) is 7.33. The second kappa shape index (κ2) is 9.50. The molecule has 0 saturated carbocycles. The lowest BCUT2D eigenvalue weighted by Crippen LogP contribution is -2.54. The van der Waals surface area contributed by atoms with Gasteiger partial charge in [-0.05, 0) is 59.3 Å². The summed E-state index contributed by atoms with van der Waals surface area (Å²) in [5, 5.41) is 17.1. The second-order valence-corrected chi connectivity index (χ2v) is 11.2. The lowest BCUT2D eigenvalue weighted by Gasteiger charge is -2.47. The number of thioether (sulfide) groups is 1. The zero-order valence-electron chi connectivity index (χ0n) is 22.2. The van der Waals surface area contributed by atoms with E-state index in [1.807, 2.05) is 40.3 Å². The van der Waals surface area contributed by atoms with Crippen LogP contribution in [0.15, 0.2) is 132 Å². The summed E-state index contributed by atoms with van der Waals surface area (Å²) in [7, 11) is 0. The normalized spacial score (nSPS) is 18.1. The van der Waals surface area contributed by atoms with E-state index in [9.17, 15) is 4.79 Å². The SMILES string of the molecule is CC(=O)C1=NN(c2cccc(C)c2)[C@]2(S1)c1ccccc1C(c1cccc3ccccc13)=NN2c1ccccc1. The molecule has 2 heterocycles. The molecule has 40 heavy (non-hydrogen) atoms. The van der Waals surface area contributed by atoms with Crippen molar-refractivity contribution in [1.82, 2.24) is 0 Å². The second-order valence-electron chi connectivity index (χ2n) is 9.99. The molecule has 0 radical (unpaired) electrons. The van der Waals surface area contributed by atoms with Gasteiger partial charge in [0.25, 0.3) is 0 Å². The molecule has 0 unspecified atom stereocenters. The molecule has 5 aromatic rings. The van der Waals surface area contributed by atoms with Gasteiger partial charge in [0, 0.05) is 23.6 Å². The Morgan fingerprint density at radius 3 is 2.17 bits per heavy atom. The third kappa shape index (κ3) is 3.75. The van der Waals surface area contributed by atoms with Gasteiger partial charge >= 0.3 is 0 Å². The van der Waals surface area contributed by atoms with Crippen molar-refractivity contribution in [3.05, 3.63) is 144 Å². The van der Waals surface area contributed by atoms with Crippen molar-refractivity contribution in [2.45, 2.75) is 18.8 Å². The van der Waals surface area contributed by atoms with Gasteiger partial charge in [0.1, 0.15) is 0 Å². The van der Waals surface area contributed by atoms with Crippen molar-refractivity contribution < 1.29 is 4.79 Å². The Morgan fingerprint density at radius 2 is 1.35 bits per heavy atom. The quantitative estimate of drug-likeness (QED) is 0.235. The van der Waals surface area contributed by atoms with Crippen LogP contribution in [0, 0.1) is 6.92 Å². The molecule has 0 saturated heterocycles. The van der Waals surface area contributed by atoms with Crippen molar-refractivity contribution in [1.29, 1.82) is 0 Å². The minimum Gasteiger partial charge on any atom is -0.292 e. The van der Waals surface area contributed by atoms with Gasteiger partial charge in [0.05, 0.1) is 17.1 Å². The van der Waals surface area contributed by atoms with E-state index in [-0.39, 0.29) is 5.78 Å². The van der Waals surface area contributed by atoms with E-state index in [4.69, 9.17) is 10.2 Å². The number of benzene rings is 5. The Morgan fingerprint density at radius 1 is 0.700 bits per heavy atom. The predicted molar refractivity (Wildman–Crippen MR) is 166 cm³/mol. The molecule has 0 fully saturated rings. The average Bonchev–Trinajstić information content (AvgIpc) is 3.39. The van der Waals surface area contributed by atoms with Gasteiger partial charge in [-0.1, -0.05) is 97.1 Å². The highest BCUT2D eigenvalue weighted by Crippen LogP contribution is 2.55. The van der Waals surface area contributed by atoms with Gasteiger partial charge in [-0.3, -0.25) is 4.79 Å². The first kappa shape index (κ1) is 24.4. The minimum absolute atomic E-state index is 0.0751. The Kier molecular flexibility index (Phi) is 5.79. The summed E-state index contributed by atoms with van der Waals surface area (Å²) >= 11 is 1.44. The molecule has 0 bridgehead atoms. The lowest BCUT2D eigenvalue weighted by molar-refractivity contribution is -0.110. The molecule has 1 spiro atoms. The monoisotopic (exact) mass is 538 g/mol. The molecule has 1 atom stereocenters. The highest BCUT2D eigenvalue weighted by molar-refractivity contribution is 8.17. The van der Waals surface area contributed by atoms with E-state index in [0.29, 0.717) is 5.04 Å². The number of carbonyl (C=O) groups is 1. The number of aryl methyl sites for hydroxylation is 1. The lowest BCUT2D eigenvalue weighted by atomic mass is 9.91. The molecule has 0 aromatic heterocycles. The summed E-state index contributed by atoms with van der Waals surface area (Å²) in [6.45, 7) is 3.64. The molecular formula is C34H26N4OS. The highest BCUT2D eigenvalue weighted by Gasteiger charge is 2.55. The van der Waals surface area contributed by atoms with E-state index >= 15 is 0 Å². The maximum absolute atomic E-state index is 12.9. The largest absolute Gasteiger partial charge is 0.292 e. The van der Waals surface area contributed by atoms with E-state index in [0.717, 1.165) is 50.1 Å². The number of carbonyl (C=O) groups excluding carboxylic acids is 1. The number of ketones is 1. The Labute approximate surface area is 237 Å². The van der Waals surface area contributed by atoms with Gasteiger partial charge < -0.3 is 0 Å². The molecule has 5 nitrogen and oxygen atoms in total. The number of anilines is 2. The van der Waals surface area contributed by atoms with Crippen LogP contribution in [0.2, 0.25) is 0 Å². The summed E-state index contributed by atoms with van der Waals surface area (Å²) in [6, 6.07) is 41.5. The third-order valence-corrected chi connectivity index (χ3v) is 8.74. The fraction of sp³-hybridized carbons (Fsp3) is 0.0882. The zero-order valence-corrected chi connectivity index (χ0v) is 23.0. The fourth-order valence-electron chi connectivity index (χ4n) is 5.54. The minimum atomic E-state index is -0.958. The summed E-state index contributed by atoms with van der Waals surface area (Å²) in [6.07, 6.45) is 0. The Hall–Kier alpha value is -4.68. The van der Waals surface area contributed by atoms with E-state index in [1.54, 1.807) is 6.92 Å². The van der Waals surface area contributed by atoms with Crippen LogP contribution in [-0.2, 0) is 9.79 Å². The van der Waals surface area contributed by atoms with Crippen LogP contribution < -0.4 is 10.0 Å². The molecule has 0 N–H and O–H groups in total. The molecule has 194 valence electrons. The number of hydrazone groups is 2. The Balaban J connectivity index is 1.56. The number of fused-ring (bicyclic) bond motifs is 3. The fourth-order valence-corrected chi connectivity index (χ4v) is 6.83. The number of para-hydroxylation sites is 1. The topological polar surface area (TPSA) is 48.3 Å². The molecule has 2 aliphatic heterocycles. The van der Waals surface area contributed by atoms with Gasteiger partial charge in [-0.15, -0.1) is 0 Å². The van der Waals surface area contributed by atoms with Gasteiger partial charge in [0.2, 0.25) is 4.99 Å². The number of Topliss-reactive ketones (excluding diaryl/α,β-unsaturated/α-hetero) is 1. The molecule has 5 aromatic carbocycles. The predicted octanol–water partition coefficient (Wildman–Crippen LogP) is 7.69. The molecular weight excluding hydrogens is 512 g/mol. The van der Waals surface area contributed by atoms with Crippen LogP contribution in [0.4, 0.5) is 11.4 Å². The molecule has 2 aliphatic rings. The van der Waals surface area contributed by atoms with Crippen molar-refractivity contribution in [3.8, 4) is 0 Å². The first-order valence-electron chi connectivity index (χ1n) is 13.2. The highest BCUT2D eigenvalue weighted by atomic mass is 32.2. The van der Waals surface area contributed by atoms with E-state index < -0.39 is 4.99 Å². The first-order chi connectivity index (χ1) is 19.6. The standard InChI is InChI=1S/C34H26N4OS/c1-23-12-10-17-27(22-23)38-34(40-33(36-38)24(2)39)31-21-9-8-19-30(31)32(35-37(34)26-15-4-3-5-16-26)29-20-11-14-25-13-6-7-18-28(25)29/h3-22H,1-2H3/t34-/m0/s1. The Bertz CT molecular complexity index is 1840. The van der Waals surface area contributed by atoms with Gasteiger partial charge in [0.15, 0.2) is 10.8 Å². The van der Waals surface area contributed by atoms with Crippen LogP contribution in [0.5, 0.6) is 0 Å². The van der Waals surface area contributed by atoms with Crippen LogP contribution >= 0.6 is 11.8 Å².